The third kappa shape index (κ3) is 4.61. The Bertz CT molecular complexity index is 994. The van der Waals surface area contributed by atoms with Crippen LogP contribution in [0.15, 0.2) is 65.5 Å². The molecule has 0 aliphatic heterocycles. The SMILES string of the molecule is COc1ccc(-c2ccc(=O)n(CC(=O)NCc3ccccc3C)n2)cc1. The molecule has 0 bridgehead atoms. The Morgan fingerprint density at radius 2 is 1.81 bits per heavy atom. The maximum absolute atomic E-state index is 12.3. The summed E-state index contributed by atoms with van der Waals surface area (Å²) in [5.41, 5.74) is 3.28. The van der Waals surface area contributed by atoms with E-state index in [9.17, 15) is 9.59 Å². The number of carbonyl (C=O) groups excluding carboxylic acids is 1. The molecule has 1 aromatic heterocycles. The summed E-state index contributed by atoms with van der Waals surface area (Å²) in [6.45, 7) is 2.28. The lowest BCUT2D eigenvalue weighted by Crippen LogP contribution is -2.33. The minimum atomic E-state index is -0.321. The molecule has 6 nitrogen and oxygen atoms in total. The van der Waals surface area contributed by atoms with Crippen molar-refractivity contribution in [1.82, 2.24) is 15.1 Å². The molecule has 3 aromatic rings. The Labute approximate surface area is 157 Å². The molecule has 1 N–H and O–H groups in total. The summed E-state index contributed by atoms with van der Waals surface area (Å²) < 4.78 is 6.32. The molecule has 1 heterocycles. The molecule has 6 heteroatoms. The van der Waals surface area contributed by atoms with Gasteiger partial charge in [0.05, 0.1) is 12.8 Å². The highest BCUT2D eigenvalue weighted by Crippen LogP contribution is 2.19. The van der Waals surface area contributed by atoms with E-state index in [1.165, 1.54) is 10.7 Å². The zero-order valence-corrected chi connectivity index (χ0v) is 15.3. The van der Waals surface area contributed by atoms with E-state index in [4.69, 9.17) is 4.74 Å². The first-order valence-corrected chi connectivity index (χ1v) is 8.60. The third-order valence-corrected chi connectivity index (χ3v) is 4.28. The van der Waals surface area contributed by atoms with Crippen molar-refractivity contribution in [2.45, 2.75) is 20.0 Å². The predicted octanol–water partition coefficient (Wildman–Crippen LogP) is 2.54. The quantitative estimate of drug-likeness (QED) is 0.730. The number of nitrogens with one attached hydrogen (secondary N) is 1. The van der Waals surface area contributed by atoms with Crippen LogP contribution in [-0.4, -0.2) is 22.8 Å². The van der Waals surface area contributed by atoms with Gasteiger partial charge in [-0.05, 0) is 48.4 Å². The van der Waals surface area contributed by atoms with Gasteiger partial charge >= 0.3 is 0 Å². The summed E-state index contributed by atoms with van der Waals surface area (Å²) in [5.74, 6) is 0.474. The minimum absolute atomic E-state index is 0.130. The van der Waals surface area contributed by atoms with E-state index in [-0.39, 0.29) is 18.0 Å². The number of carbonyl (C=O) groups is 1. The summed E-state index contributed by atoms with van der Waals surface area (Å²) in [6.07, 6.45) is 0. The molecule has 0 atom stereocenters. The van der Waals surface area contributed by atoms with Crippen LogP contribution in [0.2, 0.25) is 0 Å². The van der Waals surface area contributed by atoms with E-state index in [1.54, 1.807) is 13.2 Å². The van der Waals surface area contributed by atoms with Crippen LogP contribution in [-0.2, 0) is 17.9 Å². The molecule has 0 aliphatic rings. The van der Waals surface area contributed by atoms with Crippen molar-refractivity contribution >= 4 is 5.91 Å². The third-order valence-electron chi connectivity index (χ3n) is 4.28. The van der Waals surface area contributed by atoms with Crippen molar-refractivity contribution in [3.05, 3.63) is 82.1 Å². The van der Waals surface area contributed by atoms with E-state index in [2.05, 4.69) is 10.4 Å². The maximum atomic E-state index is 12.3. The molecule has 0 saturated heterocycles. The Hall–Kier alpha value is -3.41. The van der Waals surface area contributed by atoms with Crippen molar-refractivity contribution < 1.29 is 9.53 Å². The predicted molar refractivity (Wildman–Crippen MR) is 104 cm³/mol. The molecule has 0 unspecified atom stereocenters. The fourth-order valence-corrected chi connectivity index (χ4v) is 2.67. The van der Waals surface area contributed by atoms with Crippen LogP contribution >= 0.6 is 0 Å². The number of benzene rings is 2. The van der Waals surface area contributed by atoms with E-state index >= 15 is 0 Å². The lowest BCUT2D eigenvalue weighted by Gasteiger charge is -2.10. The number of aromatic nitrogens is 2. The maximum Gasteiger partial charge on any atom is 0.267 e. The first kappa shape index (κ1) is 18.4. The van der Waals surface area contributed by atoms with Crippen molar-refractivity contribution in [2.75, 3.05) is 7.11 Å². The number of hydrogen-bond acceptors (Lipinski definition) is 4. The second-order valence-electron chi connectivity index (χ2n) is 6.15. The molecule has 2 aromatic carbocycles. The van der Waals surface area contributed by atoms with Gasteiger partial charge in [-0.15, -0.1) is 0 Å². The fraction of sp³-hybridized carbons (Fsp3) is 0.190. The number of ether oxygens (including phenoxy) is 1. The summed E-state index contributed by atoms with van der Waals surface area (Å²) in [7, 11) is 1.60. The number of amides is 1. The van der Waals surface area contributed by atoms with E-state index in [0.717, 1.165) is 22.4 Å². The largest absolute Gasteiger partial charge is 0.497 e. The van der Waals surface area contributed by atoms with Gasteiger partial charge in [0.1, 0.15) is 12.3 Å². The molecule has 0 aliphatic carbocycles. The van der Waals surface area contributed by atoms with Crippen LogP contribution in [0.1, 0.15) is 11.1 Å². The van der Waals surface area contributed by atoms with E-state index in [0.29, 0.717) is 12.2 Å². The van der Waals surface area contributed by atoms with Gasteiger partial charge in [0.15, 0.2) is 0 Å². The molecule has 3 rings (SSSR count). The Balaban J connectivity index is 1.71. The summed E-state index contributed by atoms with van der Waals surface area (Å²) >= 11 is 0. The topological polar surface area (TPSA) is 73.2 Å². The highest BCUT2D eigenvalue weighted by Gasteiger charge is 2.09. The van der Waals surface area contributed by atoms with Crippen LogP contribution in [0.3, 0.4) is 0 Å². The van der Waals surface area contributed by atoms with E-state index < -0.39 is 0 Å². The molecule has 27 heavy (non-hydrogen) atoms. The lowest BCUT2D eigenvalue weighted by atomic mass is 10.1. The fourth-order valence-electron chi connectivity index (χ4n) is 2.67. The smallest absolute Gasteiger partial charge is 0.267 e. The molecule has 0 fully saturated rings. The van der Waals surface area contributed by atoms with Gasteiger partial charge in [-0.25, -0.2) is 4.68 Å². The van der Waals surface area contributed by atoms with E-state index in [1.807, 2.05) is 55.5 Å². The second kappa shape index (κ2) is 8.31. The summed E-state index contributed by atoms with van der Waals surface area (Å²) in [5, 5.41) is 7.15. The average molecular weight is 363 g/mol. The first-order valence-electron chi connectivity index (χ1n) is 8.60. The van der Waals surface area contributed by atoms with Gasteiger partial charge < -0.3 is 10.1 Å². The number of aryl methyl sites for hydroxylation is 1. The summed E-state index contributed by atoms with van der Waals surface area (Å²) in [4.78, 5) is 24.3. The number of hydrogen-bond donors (Lipinski definition) is 1. The van der Waals surface area contributed by atoms with Gasteiger partial charge in [-0.2, -0.15) is 5.10 Å². The molecule has 1 amide bonds. The highest BCUT2D eigenvalue weighted by atomic mass is 16.5. The van der Waals surface area contributed by atoms with Gasteiger partial charge in [-0.3, -0.25) is 9.59 Å². The Morgan fingerprint density at radius 1 is 1.07 bits per heavy atom. The molecule has 0 spiro atoms. The summed E-state index contributed by atoms with van der Waals surface area (Å²) in [6, 6.07) is 18.3. The lowest BCUT2D eigenvalue weighted by molar-refractivity contribution is -0.122. The highest BCUT2D eigenvalue weighted by molar-refractivity contribution is 5.75. The van der Waals surface area contributed by atoms with Crippen molar-refractivity contribution in [2.24, 2.45) is 0 Å². The molecular weight excluding hydrogens is 342 g/mol. The van der Waals surface area contributed by atoms with Crippen LogP contribution < -0.4 is 15.6 Å². The van der Waals surface area contributed by atoms with Crippen LogP contribution in [0.4, 0.5) is 0 Å². The zero-order chi connectivity index (χ0) is 19.2. The molecule has 138 valence electrons. The monoisotopic (exact) mass is 363 g/mol. The molecule has 0 saturated carbocycles. The van der Waals surface area contributed by atoms with Crippen LogP contribution in [0.25, 0.3) is 11.3 Å². The zero-order valence-electron chi connectivity index (χ0n) is 15.3. The minimum Gasteiger partial charge on any atom is -0.497 e. The molecule has 0 radical (unpaired) electrons. The second-order valence-corrected chi connectivity index (χ2v) is 6.15. The van der Waals surface area contributed by atoms with Crippen molar-refractivity contribution in [1.29, 1.82) is 0 Å². The van der Waals surface area contributed by atoms with Crippen LogP contribution in [0, 0.1) is 6.92 Å². The first-order chi connectivity index (χ1) is 13.1. The van der Waals surface area contributed by atoms with Gasteiger partial charge in [0.25, 0.3) is 5.56 Å². The number of nitrogens with zero attached hydrogens (tertiary/aromatic N) is 2. The van der Waals surface area contributed by atoms with Gasteiger partial charge in [0.2, 0.25) is 5.91 Å². The Morgan fingerprint density at radius 3 is 2.52 bits per heavy atom. The van der Waals surface area contributed by atoms with Crippen molar-refractivity contribution in [3.8, 4) is 17.0 Å². The normalized spacial score (nSPS) is 10.4. The number of methoxy groups -OCH3 is 1. The standard InChI is InChI=1S/C21H21N3O3/c1-15-5-3-4-6-17(15)13-22-20(25)14-24-21(26)12-11-19(23-24)16-7-9-18(27-2)10-8-16/h3-12H,13-14H2,1-2H3,(H,22,25). The number of rotatable bonds is 6. The van der Waals surface area contributed by atoms with Crippen molar-refractivity contribution in [3.63, 3.8) is 0 Å². The van der Waals surface area contributed by atoms with Gasteiger partial charge in [-0.1, -0.05) is 24.3 Å². The molecular formula is C21H21N3O3. The Kier molecular flexibility index (Phi) is 5.66. The van der Waals surface area contributed by atoms with Gasteiger partial charge in [0, 0.05) is 18.2 Å². The average Bonchev–Trinajstić information content (AvgIpc) is 2.69. The van der Waals surface area contributed by atoms with Crippen LogP contribution in [0.5, 0.6) is 5.75 Å².